The first kappa shape index (κ1) is 20.8. The van der Waals surface area contributed by atoms with Crippen LogP contribution in [0.1, 0.15) is 25.1 Å². The monoisotopic (exact) mass is 416 g/mol. The maximum atomic E-state index is 14.0. The van der Waals surface area contributed by atoms with Crippen molar-refractivity contribution in [3.05, 3.63) is 47.5 Å². The number of hydrogen-bond acceptors (Lipinski definition) is 4. The van der Waals surface area contributed by atoms with E-state index in [1.807, 2.05) is 0 Å². The molecule has 1 aromatic carbocycles. The number of benzene rings is 1. The molecule has 5 nitrogen and oxygen atoms in total. The number of carbonyl (C=O) groups is 1. The van der Waals surface area contributed by atoms with E-state index in [0.29, 0.717) is 6.92 Å². The highest BCUT2D eigenvalue weighted by Crippen LogP contribution is 2.34. The average molecular weight is 416 g/mol. The summed E-state index contributed by atoms with van der Waals surface area (Å²) in [6, 6.07) is 4.28. The predicted octanol–water partition coefficient (Wildman–Crippen LogP) is 4.94. The van der Waals surface area contributed by atoms with E-state index in [0.717, 1.165) is 18.3 Å². The van der Waals surface area contributed by atoms with Gasteiger partial charge in [0, 0.05) is 18.7 Å². The lowest BCUT2D eigenvalue weighted by Gasteiger charge is -2.22. The fourth-order valence-electron chi connectivity index (χ4n) is 3.00. The molecule has 1 saturated heterocycles. The average Bonchev–Trinajstić information content (AvgIpc) is 2.94. The topological polar surface area (TPSA) is 51.7 Å². The number of pyridine rings is 1. The number of amides is 1. The second-order valence-corrected chi connectivity index (χ2v) is 6.70. The van der Waals surface area contributed by atoms with E-state index in [9.17, 15) is 26.7 Å². The molecule has 10 heteroatoms. The lowest BCUT2D eigenvalue weighted by molar-refractivity contribution is -0.0521. The highest BCUT2D eigenvalue weighted by Gasteiger charge is 2.34. The Kier molecular flexibility index (Phi) is 5.63. The normalized spacial score (nSPS) is 17.0. The standard InChI is InChI=1S/C19H17F5N2O3/c1-10-9-28-18(27)26(10)8-13-5-12(7-25-16(13)19(2,23)24)11-3-4-14(20)15(6-11)29-17(21)22/h3-7,10,17H,8-9H2,1-2H3/t10-/m0/s1. The molecule has 1 aliphatic heterocycles. The molecule has 1 atom stereocenters. The third-order valence-corrected chi connectivity index (χ3v) is 4.42. The molecule has 0 saturated carbocycles. The summed E-state index contributed by atoms with van der Waals surface area (Å²) in [4.78, 5) is 17.0. The van der Waals surface area contributed by atoms with E-state index in [1.165, 1.54) is 17.0 Å². The number of hydrogen-bond donors (Lipinski definition) is 0. The first-order valence-electron chi connectivity index (χ1n) is 8.61. The summed E-state index contributed by atoms with van der Waals surface area (Å²) in [5, 5.41) is 0. The van der Waals surface area contributed by atoms with E-state index in [4.69, 9.17) is 4.74 Å². The lowest BCUT2D eigenvalue weighted by Crippen LogP contribution is -2.31. The van der Waals surface area contributed by atoms with E-state index in [1.54, 1.807) is 6.92 Å². The Morgan fingerprint density at radius 1 is 1.31 bits per heavy atom. The van der Waals surface area contributed by atoms with Gasteiger partial charge in [0.05, 0.1) is 12.6 Å². The number of aromatic nitrogens is 1. The van der Waals surface area contributed by atoms with Crippen LogP contribution in [0.2, 0.25) is 0 Å². The molecule has 2 heterocycles. The Labute approximate surface area is 163 Å². The van der Waals surface area contributed by atoms with Gasteiger partial charge in [0.1, 0.15) is 12.3 Å². The van der Waals surface area contributed by atoms with Crippen molar-refractivity contribution in [3.8, 4) is 16.9 Å². The van der Waals surface area contributed by atoms with Gasteiger partial charge < -0.3 is 9.47 Å². The van der Waals surface area contributed by atoms with Crippen LogP contribution in [0.5, 0.6) is 5.75 Å². The molecule has 1 fully saturated rings. The van der Waals surface area contributed by atoms with Crippen molar-refractivity contribution in [2.24, 2.45) is 0 Å². The van der Waals surface area contributed by atoms with Crippen LogP contribution in [0.3, 0.4) is 0 Å². The third-order valence-electron chi connectivity index (χ3n) is 4.42. The molecular weight excluding hydrogens is 399 g/mol. The summed E-state index contributed by atoms with van der Waals surface area (Å²) in [5.41, 5.74) is 0.0341. The van der Waals surface area contributed by atoms with Gasteiger partial charge in [-0.3, -0.25) is 9.88 Å². The van der Waals surface area contributed by atoms with Gasteiger partial charge in [-0.15, -0.1) is 0 Å². The molecule has 1 aliphatic rings. The van der Waals surface area contributed by atoms with Gasteiger partial charge in [0.25, 0.3) is 5.92 Å². The number of halogens is 5. The molecule has 0 unspecified atom stereocenters. The fraction of sp³-hybridized carbons (Fsp3) is 0.368. The fourth-order valence-corrected chi connectivity index (χ4v) is 3.00. The van der Waals surface area contributed by atoms with Crippen molar-refractivity contribution < 1.29 is 36.2 Å². The number of carbonyl (C=O) groups excluding carboxylic acids is 1. The van der Waals surface area contributed by atoms with Crippen LogP contribution in [-0.2, 0) is 17.2 Å². The van der Waals surface area contributed by atoms with Crippen molar-refractivity contribution in [1.82, 2.24) is 9.88 Å². The van der Waals surface area contributed by atoms with Gasteiger partial charge in [0.15, 0.2) is 11.6 Å². The number of alkyl halides is 4. The van der Waals surface area contributed by atoms with Crippen molar-refractivity contribution in [2.75, 3.05) is 6.61 Å². The second-order valence-electron chi connectivity index (χ2n) is 6.70. The zero-order valence-electron chi connectivity index (χ0n) is 15.5. The van der Waals surface area contributed by atoms with Crippen LogP contribution >= 0.6 is 0 Å². The van der Waals surface area contributed by atoms with Gasteiger partial charge in [-0.25, -0.2) is 9.18 Å². The lowest BCUT2D eigenvalue weighted by atomic mass is 10.0. The van der Waals surface area contributed by atoms with Crippen LogP contribution in [0.15, 0.2) is 30.5 Å². The Morgan fingerprint density at radius 3 is 2.62 bits per heavy atom. The van der Waals surface area contributed by atoms with Crippen molar-refractivity contribution in [2.45, 2.75) is 39.0 Å². The molecule has 156 valence electrons. The zero-order valence-corrected chi connectivity index (χ0v) is 15.5. The minimum absolute atomic E-state index is 0.0568. The number of rotatable bonds is 6. The quantitative estimate of drug-likeness (QED) is 0.626. The van der Waals surface area contributed by atoms with Gasteiger partial charge in [-0.05, 0) is 36.2 Å². The van der Waals surface area contributed by atoms with Crippen LogP contribution in [0.25, 0.3) is 11.1 Å². The van der Waals surface area contributed by atoms with Gasteiger partial charge in [-0.1, -0.05) is 6.07 Å². The SMILES string of the molecule is C[C@H]1COC(=O)N1Cc1cc(-c2ccc(F)c(OC(F)F)c2)cnc1C(C)(F)F. The van der Waals surface area contributed by atoms with Crippen LogP contribution in [-0.4, -0.2) is 35.2 Å². The van der Waals surface area contributed by atoms with Crippen molar-refractivity contribution in [1.29, 1.82) is 0 Å². The van der Waals surface area contributed by atoms with Gasteiger partial charge >= 0.3 is 12.7 Å². The molecule has 2 aromatic rings. The summed E-state index contributed by atoms with van der Waals surface area (Å²) in [5.74, 6) is -4.96. The maximum absolute atomic E-state index is 14.0. The maximum Gasteiger partial charge on any atom is 0.410 e. The largest absolute Gasteiger partial charge is 0.447 e. The first-order valence-corrected chi connectivity index (χ1v) is 8.61. The Balaban J connectivity index is 2.02. The molecule has 1 aromatic heterocycles. The molecular formula is C19H17F5N2O3. The molecule has 3 rings (SSSR count). The van der Waals surface area contributed by atoms with E-state index in [2.05, 4.69) is 9.72 Å². The van der Waals surface area contributed by atoms with Crippen LogP contribution < -0.4 is 4.74 Å². The van der Waals surface area contributed by atoms with Gasteiger partial charge in [0.2, 0.25) is 0 Å². The molecule has 0 N–H and O–H groups in total. The van der Waals surface area contributed by atoms with Gasteiger partial charge in [-0.2, -0.15) is 17.6 Å². The molecule has 0 bridgehead atoms. The van der Waals surface area contributed by atoms with E-state index >= 15 is 0 Å². The minimum Gasteiger partial charge on any atom is -0.447 e. The molecule has 0 aliphatic carbocycles. The highest BCUT2D eigenvalue weighted by atomic mass is 19.3. The first-order chi connectivity index (χ1) is 13.6. The molecule has 0 spiro atoms. The summed E-state index contributed by atoms with van der Waals surface area (Å²) in [6.07, 6.45) is 0.490. The van der Waals surface area contributed by atoms with Crippen molar-refractivity contribution >= 4 is 6.09 Å². The van der Waals surface area contributed by atoms with Crippen LogP contribution in [0.4, 0.5) is 26.7 Å². The Morgan fingerprint density at radius 2 is 2.03 bits per heavy atom. The third kappa shape index (κ3) is 4.57. The number of cyclic esters (lactones) is 1. The Hall–Kier alpha value is -2.91. The highest BCUT2D eigenvalue weighted by molar-refractivity contribution is 5.70. The van der Waals surface area contributed by atoms with Crippen LogP contribution in [0, 0.1) is 5.82 Å². The predicted molar refractivity (Wildman–Crippen MR) is 92.2 cm³/mol. The molecule has 0 radical (unpaired) electrons. The zero-order chi connectivity index (χ0) is 21.3. The summed E-state index contributed by atoms with van der Waals surface area (Å²) >= 11 is 0. The Bertz CT molecular complexity index is 917. The van der Waals surface area contributed by atoms with Crippen molar-refractivity contribution in [3.63, 3.8) is 0 Å². The summed E-state index contributed by atoms with van der Waals surface area (Å²) in [7, 11) is 0. The van der Waals surface area contributed by atoms with E-state index < -0.39 is 35.9 Å². The smallest absolute Gasteiger partial charge is 0.410 e. The summed E-state index contributed by atoms with van der Waals surface area (Å²) in [6.45, 7) is -0.884. The number of ether oxygens (including phenoxy) is 2. The second kappa shape index (κ2) is 7.84. The van der Waals surface area contributed by atoms with E-state index in [-0.39, 0.29) is 35.9 Å². The molecule has 29 heavy (non-hydrogen) atoms. The number of nitrogens with zero attached hydrogens (tertiary/aromatic N) is 2. The summed E-state index contributed by atoms with van der Waals surface area (Å²) < 4.78 is 75.7. The molecule has 1 amide bonds. The minimum atomic E-state index is -3.28.